The van der Waals surface area contributed by atoms with Gasteiger partial charge in [-0.2, -0.15) is 4.72 Å². The fourth-order valence-electron chi connectivity index (χ4n) is 4.04. The Balaban J connectivity index is 1.97. The number of aliphatic hydroxyl groups excluding tert-OH is 1. The van der Waals surface area contributed by atoms with E-state index in [9.17, 15) is 23.1 Å². The molecule has 0 spiro atoms. The van der Waals surface area contributed by atoms with Gasteiger partial charge in [0, 0.05) is 0 Å². The summed E-state index contributed by atoms with van der Waals surface area (Å²) in [6, 6.07) is 3.93. The Hall–Kier alpha value is -2.33. The highest BCUT2D eigenvalue weighted by atomic mass is 32.2. The van der Waals surface area contributed by atoms with Gasteiger partial charge in [-0.3, -0.25) is 9.59 Å². The van der Waals surface area contributed by atoms with E-state index in [4.69, 9.17) is 4.74 Å². The second-order valence-corrected chi connectivity index (χ2v) is 9.64. The highest BCUT2D eigenvalue weighted by molar-refractivity contribution is 7.89. The topological polar surface area (TPSA) is 122 Å². The van der Waals surface area contributed by atoms with Crippen molar-refractivity contribution in [2.45, 2.75) is 49.3 Å². The third kappa shape index (κ3) is 4.79. The predicted octanol–water partition coefficient (Wildman–Crippen LogP) is 0.999. The molecule has 4 atom stereocenters. The summed E-state index contributed by atoms with van der Waals surface area (Å²) in [7, 11) is -3.06. The second-order valence-electron chi connectivity index (χ2n) is 7.92. The summed E-state index contributed by atoms with van der Waals surface area (Å²) in [6.45, 7) is 2.50. The normalized spacial score (nSPS) is 25.2. The van der Waals surface area contributed by atoms with Crippen molar-refractivity contribution in [2.24, 2.45) is 5.41 Å². The molecule has 3 N–H and O–H groups in total. The SMILES string of the molecule is COC(=O)C(NS(=O)(=O)c1ccc(C)cc1)C(O)C1(C(=O)[C@@H]2CCCN2)C=CC=CC1. The van der Waals surface area contributed by atoms with Crippen molar-refractivity contribution in [1.29, 1.82) is 0 Å². The highest BCUT2D eigenvalue weighted by Crippen LogP contribution is 2.37. The number of ether oxygens (including phenoxy) is 1. The number of rotatable bonds is 8. The van der Waals surface area contributed by atoms with Crippen molar-refractivity contribution in [3.05, 3.63) is 54.1 Å². The summed E-state index contributed by atoms with van der Waals surface area (Å²) in [5, 5.41) is 14.4. The van der Waals surface area contributed by atoms with E-state index in [0.29, 0.717) is 13.0 Å². The van der Waals surface area contributed by atoms with E-state index in [-0.39, 0.29) is 17.1 Å². The molecule has 0 saturated carbocycles. The van der Waals surface area contributed by atoms with Crippen LogP contribution < -0.4 is 10.0 Å². The number of Topliss-reactive ketones (excluding diaryl/α,β-unsaturated/α-hetero) is 1. The second kappa shape index (κ2) is 9.44. The summed E-state index contributed by atoms with van der Waals surface area (Å²) in [6.07, 6.45) is 6.55. The van der Waals surface area contributed by atoms with Crippen LogP contribution in [0, 0.1) is 12.3 Å². The van der Waals surface area contributed by atoms with E-state index in [0.717, 1.165) is 19.1 Å². The number of carbonyl (C=O) groups is 2. The van der Waals surface area contributed by atoms with Crippen molar-refractivity contribution in [2.75, 3.05) is 13.7 Å². The molecule has 1 aliphatic carbocycles. The smallest absolute Gasteiger partial charge is 0.326 e. The van der Waals surface area contributed by atoms with Gasteiger partial charge in [-0.25, -0.2) is 8.42 Å². The number of methoxy groups -OCH3 is 1. The number of sulfonamides is 1. The van der Waals surface area contributed by atoms with Crippen molar-refractivity contribution < 1.29 is 27.9 Å². The minimum atomic E-state index is -4.17. The van der Waals surface area contributed by atoms with E-state index in [1.54, 1.807) is 36.4 Å². The summed E-state index contributed by atoms with van der Waals surface area (Å²) >= 11 is 0. The highest BCUT2D eigenvalue weighted by Gasteiger charge is 2.51. The van der Waals surface area contributed by atoms with Crippen LogP contribution in [-0.4, -0.2) is 57.1 Å². The third-order valence-electron chi connectivity index (χ3n) is 5.84. The predicted molar refractivity (Wildman–Crippen MR) is 115 cm³/mol. The van der Waals surface area contributed by atoms with E-state index < -0.39 is 39.6 Å². The van der Waals surface area contributed by atoms with Crippen molar-refractivity contribution >= 4 is 21.8 Å². The van der Waals surface area contributed by atoms with E-state index in [1.165, 1.54) is 12.1 Å². The van der Waals surface area contributed by atoms with Crippen LogP contribution in [0.3, 0.4) is 0 Å². The first-order valence-corrected chi connectivity index (χ1v) is 11.7. The number of hydrogen-bond donors (Lipinski definition) is 3. The largest absolute Gasteiger partial charge is 0.468 e. The maximum Gasteiger partial charge on any atom is 0.326 e. The molecular formula is C22H28N2O6S. The minimum Gasteiger partial charge on any atom is -0.468 e. The zero-order valence-corrected chi connectivity index (χ0v) is 18.4. The molecule has 0 amide bonds. The third-order valence-corrected chi connectivity index (χ3v) is 7.30. The number of aryl methyl sites for hydroxylation is 1. The first-order chi connectivity index (χ1) is 14.7. The molecule has 168 valence electrons. The lowest BCUT2D eigenvalue weighted by molar-refractivity contribution is -0.150. The molecule has 2 aliphatic rings. The van der Waals surface area contributed by atoms with Crippen LogP contribution >= 0.6 is 0 Å². The maximum atomic E-state index is 13.4. The monoisotopic (exact) mass is 448 g/mol. The Labute approximate surface area is 182 Å². The molecule has 1 aliphatic heterocycles. The molecule has 1 fully saturated rings. The first kappa shape index (κ1) is 23.3. The van der Waals surface area contributed by atoms with Gasteiger partial charge in [-0.15, -0.1) is 0 Å². The lowest BCUT2D eigenvalue weighted by Crippen LogP contribution is -2.59. The van der Waals surface area contributed by atoms with Crippen molar-refractivity contribution in [3.8, 4) is 0 Å². The Bertz CT molecular complexity index is 980. The average molecular weight is 449 g/mol. The molecule has 0 aromatic heterocycles. The summed E-state index contributed by atoms with van der Waals surface area (Å²) in [5.74, 6) is -1.25. The van der Waals surface area contributed by atoms with E-state index >= 15 is 0 Å². The lowest BCUT2D eigenvalue weighted by atomic mass is 9.69. The summed E-state index contributed by atoms with van der Waals surface area (Å²) in [5.41, 5.74) is -0.595. The van der Waals surface area contributed by atoms with Crippen molar-refractivity contribution in [1.82, 2.24) is 10.0 Å². The number of ketones is 1. The number of carbonyl (C=O) groups excluding carboxylic acids is 2. The Morgan fingerprint density at radius 1 is 1.26 bits per heavy atom. The van der Waals surface area contributed by atoms with Gasteiger partial charge >= 0.3 is 5.97 Å². The molecule has 8 nitrogen and oxygen atoms in total. The first-order valence-electron chi connectivity index (χ1n) is 10.2. The van der Waals surface area contributed by atoms with Gasteiger partial charge in [0.1, 0.15) is 6.04 Å². The zero-order valence-electron chi connectivity index (χ0n) is 17.6. The molecule has 1 aromatic carbocycles. The minimum absolute atomic E-state index is 0.0591. The Morgan fingerprint density at radius 2 is 1.97 bits per heavy atom. The molecule has 31 heavy (non-hydrogen) atoms. The average Bonchev–Trinajstić information content (AvgIpc) is 3.31. The molecule has 3 rings (SSSR count). The molecule has 1 heterocycles. The van der Waals surface area contributed by atoms with Gasteiger partial charge in [-0.05, 0) is 44.9 Å². The Kier molecular flexibility index (Phi) is 7.10. The maximum absolute atomic E-state index is 13.4. The lowest BCUT2D eigenvalue weighted by Gasteiger charge is -2.39. The fraction of sp³-hybridized carbons (Fsp3) is 0.455. The molecule has 1 saturated heterocycles. The van der Waals surface area contributed by atoms with Gasteiger partial charge in [0.15, 0.2) is 5.78 Å². The molecule has 9 heteroatoms. The number of aliphatic hydroxyl groups is 1. The number of benzene rings is 1. The molecule has 0 radical (unpaired) electrons. The van der Waals surface area contributed by atoms with Crippen LogP contribution in [0.2, 0.25) is 0 Å². The van der Waals surface area contributed by atoms with E-state index in [1.807, 2.05) is 6.92 Å². The standard InChI is InChI=1S/C22H28N2O6S/c1-15-8-10-16(11-9-15)31(28,29)24-18(21(27)30-2)20(26)22(12-4-3-5-13-22)19(25)17-7-6-14-23-17/h3-5,8-12,17-18,20,23-24,26H,6-7,13-14H2,1-2H3/t17-,18?,20?,22?/m0/s1. The van der Waals surface area contributed by atoms with Crippen LogP contribution in [0.4, 0.5) is 0 Å². The van der Waals surface area contributed by atoms with Gasteiger partial charge in [0.2, 0.25) is 10.0 Å². The molecule has 0 bridgehead atoms. The number of hydrogen-bond acceptors (Lipinski definition) is 7. The van der Waals surface area contributed by atoms with E-state index in [2.05, 4.69) is 10.0 Å². The fourth-order valence-corrected chi connectivity index (χ4v) is 5.23. The quantitative estimate of drug-likeness (QED) is 0.507. The summed E-state index contributed by atoms with van der Waals surface area (Å²) in [4.78, 5) is 25.9. The van der Waals surface area contributed by atoms with Crippen molar-refractivity contribution in [3.63, 3.8) is 0 Å². The zero-order chi connectivity index (χ0) is 22.6. The van der Waals surface area contributed by atoms with Gasteiger partial charge in [0.25, 0.3) is 0 Å². The molecular weight excluding hydrogens is 420 g/mol. The van der Waals surface area contributed by atoms with Crippen LogP contribution in [0.15, 0.2) is 53.5 Å². The number of esters is 1. The summed E-state index contributed by atoms with van der Waals surface area (Å²) < 4.78 is 32.9. The van der Waals surface area contributed by atoms with Gasteiger partial charge < -0.3 is 15.2 Å². The van der Waals surface area contributed by atoms with Crippen LogP contribution in [0.25, 0.3) is 0 Å². The van der Waals surface area contributed by atoms with Crippen LogP contribution in [0.5, 0.6) is 0 Å². The molecule has 3 unspecified atom stereocenters. The van der Waals surface area contributed by atoms with Gasteiger partial charge in [-0.1, -0.05) is 42.0 Å². The molecule has 1 aromatic rings. The van der Waals surface area contributed by atoms with Crippen LogP contribution in [-0.2, 0) is 24.3 Å². The van der Waals surface area contributed by atoms with Gasteiger partial charge in [0.05, 0.1) is 29.6 Å². The Morgan fingerprint density at radius 3 is 2.52 bits per heavy atom. The number of allylic oxidation sites excluding steroid dienone is 3. The van der Waals surface area contributed by atoms with Crippen LogP contribution in [0.1, 0.15) is 24.8 Å². The number of nitrogens with one attached hydrogen (secondary N) is 2.